The maximum Gasteiger partial charge on any atom is 0.260 e. The number of hydrogen-bond donors (Lipinski definition) is 1. The summed E-state index contributed by atoms with van der Waals surface area (Å²) < 4.78 is 30.1. The van der Waals surface area contributed by atoms with Gasteiger partial charge in [-0.15, -0.1) is 4.41 Å². The van der Waals surface area contributed by atoms with Crippen LogP contribution in [0.5, 0.6) is 0 Å². The third-order valence-electron chi connectivity index (χ3n) is 4.75. The molecular formula is C22H18Br2N2O2S. The summed E-state index contributed by atoms with van der Waals surface area (Å²) in [5.41, 5.74) is 6.68. The Labute approximate surface area is 187 Å². The van der Waals surface area contributed by atoms with Gasteiger partial charge in [0.1, 0.15) is 0 Å². The average molecular weight is 534 g/mol. The van der Waals surface area contributed by atoms with Gasteiger partial charge < -0.3 is 5.43 Å². The molecule has 0 saturated heterocycles. The highest BCUT2D eigenvalue weighted by atomic mass is 79.9. The van der Waals surface area contributed by atoms with Crippen LogP contribution in [0, 0.1) is 6.92 Å². The van der Waals surface area contributed by atoms with Crippen LogP contribution < -0.4 is 5.43 Å². The van der Waals surface area contributed by atoms with Crippen LogP contribution in [0.15, 0.2) is 92.7 Å². The second kappa shape index (κ2) is 8.07. The minimum absolute atomic E-state index is 0.253. The van der Waals surface area contributed by atoms with Crippen LogP contribution in [0.25, 0.3) is 5.70 Å². The zero-order valence-electron chi connectivity index (χ0n) is 15.5. The van der Waals surface area contributed by atoms with Crippen LogP contribution in [0.2, 0.25) is 0 Å². The molecule has 0 radical (unpaired) electrons. The molecule has 0 spiro atoms. The molecule has 148 valence electrons. The zero-order chi connectivity index (χ0) is 20.6. The smallest absolute Gasteiger partial charge is 0.260 e. The highest BCUT2D eigenvalue weighted by Gasteiger charge is 2.36. The SMILES string of the molecule is Cc1ccc(S(=O)(=O)N2NC(c3ccc(Br)cc3)=C[C@H]2c2ccc(Br)cc2)cc1. The Bertz CT molecular complexity index is 1160. The molecular weight excluding hydrogens is 516 g/mol. The van der Waals surface area contributed by atoms with Gasteiger partial charge in [0.05, 0.1) is 16.6 Å². The number of sulfonamides is 1. The van der Waals surface area contributed by atoms with Gasteiger partial charge in [-0.2, -0.15) is 0 Å². The number of aryl methyl sites for hydroxylation is 1. The first-order valence-electron chi connectivity index (χ1n) is 8.95. The van der Waals surface area contributed by atoms with Gasteiger partial charge in [0.15, 0.2) is 0 Å². The third-order valence-corrected chi connectivity index (χ3v) is 7.51. The van der Waals surface area contributed by atoms with Crippen LogP contribution in [-0.2, 0) is 10.0 Å². The Morgan fingerprint density at radius 2 is 1.38 bits per heavy atom. The van der Waals surface area contributed by atoms with E-state index in [4.69, 9.17) is 0 Å². The quantitative estimate of drug-likeness (QED) is 0.460. The highest BCUT2D eigenvalue weighted by Crippen LogP contribution is 2.36. The Morgan fingerprint density at radius 1 is 0.828 bits per heavy atom. The predicted molar refractivity (Wildman–Crippen MR) is 122 cm³/mol. The molecule has 7 heteroatoms. The van der Waals surface area contributed by atoms with Crippen molar-refractivity contribution in [1.82, 2.24) is 9.84 Å². The molecule has 3 aromatic rings. The first-order chi connectivity index (χ1) is 13.8. The van der Waals surface area contributed by atoms with Crippen molar-refractivity contribution >= 4 is 47.6 Å². The summed E-state index contributed by atoms with van der Waals surface area (Å²) >= 11 is 6.88. The second-order valence-electron chi connectivity index (χ2n) is 6.81. The molecule has 3 aromatic carbocycles. The van der Waals surface area contributed by atoms with E-state index in [1.165, 1.54) is 4.41 Å². The van der Waals surface area contributed by atoms with Gasteiger partial charge >= 0.3 is 0 Å². The summed E-state index contributed by atoms with van der Waals surface area (Å²) in [4.78, 5) is 0.253. The van der Waals surface area contributed by atoms with Gasteiger partial charge in [0, 0.05) is 8.95 Å². The number of hydrogen-bond acceptors (Lipinski definition) is 3. The van der Waals surface area contributed by atoms with E-state index in [9.17, 15) is 8.42 Å². The van der Waals surface area contributed by atoms with Crippen molar-refractivity contribution in [3.05, 3.63) is 105 Å². The zero-order valence-corrected chi connectivity index (χ0v) is 19.5. The minimum Gasteiger partial charge on any atom is -0.304 e. The Kier molecular flexibility index (Phi) is 5.66. The molecule has 1 aliphatic rings. The molecule has 0 bridgehead atoms. The van der Waals surface area contributed by atoms with Crippen LogP contribution in [0.4, 0.5) is 0 Å². The lowest BCUT2D eigenvalue weighted by Crippen LogP contribution is -2.39. The lowest BCUT2D eigenvalue weighted by Gasteiger charge is -2.25. The van der Waals surface area contributed by atoms with E-state index in [-0.39, 0.29) is 4.90 Å². The monoisotopic (exact) mass is 532 g/mol. The number of hydrazine groups is 1. The summed E-state index contributed by atoms with van der Waals surface area (Å²) in [6, 6.07) is 21.9. The number of benzene rings is 3. The summed E-state index contributed by atoms with van der Waals surface area (Å²) in [6.45, 7) is 1.93. The first-order valence-corrected chi connectivity index (χ1v) is 12.0. The van der Waals surface area contributed by atoms with E-state index in [2.05, 4.69) is 37.3 Å². The Morgan fingerprint density at radius 3 is 1.97 bits per heavy atom. The average Bonchev–Trinajstić information content (AvgIpc) is 3.16. The number of halogens is 2. The summed E-state index contributed by atoms with van der Waals surface area (Å²) in [7, 11) is -3.76. The Balaban J connectivity index is 1.78. The molecule has 0 aliphatic carbocycles. The molecule has 0 amide bonds. The van der Waals surface area contributed by atoms with Crippen LogP contribution in [0.3, 0.4) is 0 Å². The molecule has 0 aromatic heterocycles. The fourth-order valence-electron chi connectivity index (χ4n) is 3.17. The lowest BCUT2D eigenvalue weighted by molar-refractivity contribution is 0.348. The van der Waals surface area contributed by atoms with E-state index in [1.807, 2.05) is 61.5 Å². The molecule has 0 unspecified atom stereocenters. The molecule has 4 nitrogen and oxygen atoms in total. The molecule has 4 rings (SSSR count). The number of nitrogens with zero attached hydrogens (tertiary/aromatic N) is 1. The summed E-state index contributed by atoms with van der Waals surface area (Å²) in [5.74, 6) is 0. The maximum absolute atomic E-state index is 13.4. The fraction of sp³-hybridized carbons (Fsp3) is 0.0909. The van der Waals surface area contributed by atoms with Crippen LogP contribution in [0.1, 0.15) is 22.7 Å². The van der Waals surface area contributed by atoms with E-state index in [1.54, 1.807) is 24.3 Å². The second-order valence-corrected chi connectivity index (χ2v) is 10.5. The molecule has 1 heterocycles. The standard InChI is InChI=1S/C22H18Br2N2O2S/c1-15-2-12-20(13-3-15)29(27,28)26-22(17-6-10-19(24)11-7-17)14-21(25-26)16-4-8-18(23)9-5-16/h2-14,22,25H,1H3/t22-/m0/s1. The fourth-order valence-corrected chi connectivity index (χ4v) is 5.10. The van der Waals surface area contributed by atoms with Crippen molar-refractivity contribution in [3.63, 3.8) is 0 Å². The van der Waals surface area contributed by atoms with Gasteiger partial charge in [0.25, 0.3) is 10.0 Å². The third kappa shape index (κ3) is 4.19. The predicted octanol–water partition coefficient (Wildman–Crippen LogP) is 5.81. The van der Waals surface area contributed by atoms with E-state index in [0.29, 0.717) is 0 Å². The van der Waals surface area contributed by atoms with Crippen molar-refractivity contribution in [2.24, 2.45) is 0 Å². The normalized spacial score (nSPS) is 17.1. The van der Waals surface area contributed by atoms with Gasteiger partial charge in [-0.25, -0.2) is 8.42 Å². The van der Waals surface area contributed by atoms with E-state index < -0.39 is 16.1 Å². The largest absolute Gasteiger partial charge is 0.304 e. The van der Waals surface area contributed by atoms with E-state index >= 15 is 0 Å². The van der Waals surface area contributed by atoms with Crippen molar-refractivity contribution in [3.8, 4) is 0 Å². The highest BCUT2D eigenvalue weighted by molar-refractivity contribution is 9.10. The van der Waals surface area contributed by atoms with Gasteiger partial charge in [-0.05, 0) is 60.5 Å². The van der Waals surface area contributed by atoms with E-state index in [0.717, 1.165) is 31.3 Å². The van der Waals surface area contributed by atoms with Crippen molar-refractivity contribution in [1.29, 1.82) is 0 Å². The molecule has 1 atom stereocenters. The minimum atomic E-state index is -3.76. The van der Waals surface area contributed by atoms with Crippen molar-refractivity contribution in [2.75, 3.05) is 0 Å². The Hall–Kier alpha value is -1.93. The van der Waals surface area contributed by atoms with Crippen LogP contribution >= 0.6 is 31.9 Å². The molecule has 29 heavy (non-hydrogen) atoms. The molecule has 0 fully saturated rings. The summed E-state index contributed by atoms with van der Waals surface area (Å²) in [6.07, 6.45) is 1.94. The summed E-state index contributed by atoms with van der Waals surface area (Å²) in [5, 5.41) is 0. The maximum atomic E-state index is 13.4. The number of nitrogens with one attached hydrogen (secondary N) is 1. The van der Waals surface area contributed by atoms with Crippen molar-refractivity contribution < 1.29 is 8.42 Å². The van der Waals surface area contributed by atoms with Gasteiger partial charge in [-0.1, -0.05) is 73.8 Å². The first kappa shape index (κ1) is 20.3. The van der Waals surface area contributed by atoms with Gasteiger partial charge in [0.2, 0.25) is 0 Å². The molecule has 1 aliphatic heterocycles. The number of rotatable bonds is 4. The topological polar surface area (TPSA) is 49.4 Å². The van der Waals surface area contributed by atoms with Crippen LogP contribution in [-0.4, -0.2) is 12.8 Å². The molecule has 0 saturated carbocycles. The molecule has 1 N–H and O–H groups in total. The lowest BCUT2D eigenvalue weighted by atomic mass is 10.1. The van der Waals surface area contributed by atoms with Gasteiger partial charge in [-0.3, -0.25) is 0 Å². The van der Waals surface area contributed by atoms with Crippen molar-refractivity contribution in [2.45, 2.75) is 17.9 Å².